The van der Waals surface area contributed by atoms with E-state index in [4.69, 9.17) is 16.3 Å². The minimum Gasteiger partial charge on any atom is -0.507 e. The Labute approximate surface area is 199 Å². The molecule has 33 heavy (non-hydrogen) atoms. The van der Waals surface area contributed by atoms with Gasteiger partial charge >= 0.3 is 0 Å². The molecule has 0 radical (unpaired) electrons. The molecule has 1 atom stereocenters. The van der Waals surface area contributed by atoms with Crippen molar-refractivity contribution >= 4 is 29.1 Å². The minimum absolute atomic E-state index is 0.00877. The number of hydrogen-bond acceptors (Lipinski definition) is 5. The minimum atomic E-state index is -0.792. The van der Waals surface area contributed by atoms with Crippen LogP contribution >= 0.6 is 11.6 Å². The number of likely N-dealkylation sites (tertiary alicyclic amines) is 1. The fraction of sp³-hybridized carbons (Fsp3) is 0.385. The van der Waals surface area contributed by atoms with Crippen LogP contribution in [0.25, 0.3) is 5.76 Å². The van der Waals surface area contributed by atoms with Crippen LogP contribution in [0.5, 0.6) is 11.5 Å². The van der Waals surface area contributed by atoms with E-state index in [1.807, 2.05) is 6.92 Å². The summed E-state index contributed by atoms with van der Waals surface area (Å²) in [6.07, 6.45) is 4.72. The Morgan fingerprint density at radius 3 is 2.36 bits per heavy atom. The maximum absolute atomic E-state index is 13.0. The molecule has 0 saturated carbocycles. The quantitative estimate of drug-likeness (QED) is 0.197. The number of Topliss-reactive ketones (excluding diaryl/α,β-unsaturated/α-hetero) is 1. The van der Waals surface area contributed by atoms with E-state index < -0.39 is 17.7 Å². The number of ketones is 1. The lowest BCUT2D eigenvalue weighted by Crippen LogP contribution is -2.30. The molecule has 1 amide bonds. The molecule has 3 rings (SSSR count). The van der Waals surface area contributed by atoms with Crippen molar-refractivity contribution in [3.8, 4) is 11.5 Å². The van der Waals surface area contributed by atoms with E-state index in [2.05, 4.69) is 6.92 Å². The maximum Gasteiger partial charge on any atom is 0.295 e. The predicted octanol–water partition coefficient (Wildman–Crippen LogP) is 5.84. The molecule has 176 valence electrons. The number of aromatic hydroxyl groups is 1. The third-order valence-corrected chi connectivity index (χ3v) is 6.03. The number of nitrogens with zero attached hydrogens (tertiary/aromatic N) is 1. The molecule has 2 aromatic carbocycles. The second-order valence-corrected chi connectivity index (χ2v) is 8.54. The summed E-state index contributed by atoms with van der Waals surface area (Å²) in [5, 5.41) is 21.0. The van der Waals surface area contributed by atoms with Crippen molar-refractivity contribution in [2.24, 2.45) is 0 Å². The van der Waals surface area contributed by atoms with Crippen molar-refractivity contribution < 1.29 is 24.5 Å². The standard InChI is InChI=1S/C26H30ClNO5/c1-3-5-7-15-33-19-11-8-17(9-12-19)24(30)22-23(18-10-13-21(29)20(27)16-18)28(14-6-4-2)26(32)25(22)31/h8-13,16,23,29-30H,3-7,14-15H2,1-2H3/b24-22-. The van der Waals surface area contributed by atoms with Crippen molar-refractivity contribution in [3.63, 3.8) is 0 Å². The van der Waals surface area contributed by atoms with Crippen LogP contribution in [0.4, 0.5) is 0 Å². The molecule has 1 unspecified atom stereocenters. The normalized spacial score (nSPS) is 17.5. The Balaban J connectivity index is 1.98. The summed E-state index contributed by atoms with van der Waals surface area (Å²) in [4.78, 5) is 27.3. The van der Waals surface area contributed by atoms with Gasteiger partial charge in [-0.2, -0.15) is 0 Å². The number of ether oxygens (including phenoxy) is 1. The summed E-state index contributed by atoms with van der Waals surface area (Å²) >= 11 is 6.11. The number of phenols is 1. The van der Waals surface area contributed by atoms with Crippen molar-refractivity contribution in [2.75, 3.05) is 13.2 Å². The first kappa shape index (κ1) is 24.6. The van der Waals surface area contributed by atoms with Crippen LogP contribution in [-0.4, -0.2) is 40.0 Å². The smallest absolute Gasteiger partial charge is 0.295 e. The summed E-state index contributed by atoms with van der Waals surface area (Å²) in [6, 6.07) is 10.6. The van der Waals surface area contributed by atoms with Gasteiger partial charge in [-0.25, -0.2) is 0 Å². The van der Waals surface area contributed by atoms with Crippen LogP contribution in [0.3, 0.4) is 0 Å². The van der Waals surface area contributed by atoms with E-state index in [1.54, 1.807) is 30.3 Å². The molecule has 0 bridgehead atoms. The molecule has 2 N–H and O–H groups in total. The first-order chi connectivity index (χ1) is 15.9. The highest BCUT2D eigenvalue weighted by molar-refractivity contribution is 6.46. The highest BCUT2D eigenvalue weighted by Gasteiger charge is 2.45. The lowest BCUT2D eigenvalue weighted by molar-refractivity contribution is -0.139. The molecule has 2 aromatic rings. The molecule has 6 nitrogen and oxygen atoms in total. The Bertz CT molecular complexity index is 1030. The molecule has 0 aromatic heterocycles. The van der Waals surface area contributed by atoms with E-state index in [0.717, 1.165) is 25.7 Å². The third-order valence-electron chi connectivity index (χ3n) is 5.72. The summed E-state index contributed by atoms with van der Waals surface area (Å²) in [7, 11) is 0. The zero-order valence-electron chi connectivity index (χ0n) is 19.0. The number of halogens is 1. The van der Waals surface area contributed by atoms with Crippen LogP contribution in [0.15, 0.2) is 48.0 Å². The van der Waals surface area contributed by atoms with Gasteiger partial charge in [0.25, 0.3) is 11.7 Å². The number of carbonyl (C=O) groups is 2. The van der Waals surface area contributed by atoms with Gasteiger partial charge in [0.1, 0.15) is 17.3 Å². The molecule has 1 heterocycles. The summed E-state index contributed by atoms with van der Waals surface area (Å²) in [5.41, 5.74) is 0.972. The topological polar surface area (TPSA) is 87.1 Å². The average Bonchev–Trinajstić information content (AvgIpc) is 3.07. The van der Waals surface area contributed by atoms with Crippen LogP contribution in [0.1, 0.15) is 63.1 Å². The van der Waals surface area contributed by atoms with Gasteiger partial charge in [0, 0.05) is 12.1 Å². The van der Waals surface area contributed by atoms with Crippen molar-refractivity contribution in [2.45, 2.75) is 52.0 Å². The third kappa shape index (κ3) is 5.50. The van der Waals surface area contributed by atoms with Gasteiger partial charge < -0.3 is 19.8 Å². The van der Waals surface area contributed by atoms with E-state index in [1.165, 1.54) is 17.0 Å². The Hall–Kier alpha value is -2.99. The first-order valence-corrected chi connectivity index (χ1v) is 11.8. The van der Waals surface area contributed by atoms with Gasteiger partial charge in [-0.1, -0.05) is 50.8 Å². The van der Waals surface area contributed by atoms with E-state index in [-0.39, 0.29) is 22.1 Å². The Kier molecular flexibility index (Phi) is 8.39. The first-order valence-electron chi connectivity index (χ1n) is 11.4. The second kappa shape index (κ2) is 11.2. The largest absolute Gasteiger partial charge is 0.507 e. The number of aliphatic hydroxyl groups is 1. The predicted molar refractivity (Wildman–Crippen MR) is 128 cm³/mol. The van der Waals surface area contributed by atoms with E-state index >= 15 is 0 Å². The molecular formula is C26H30ClNO5. The van der Waals surface area contributed by atoms with Crippen LogP contribution in [-0.2, 0) is 9.59 Å². The SMILES string of the molecule is CCCCCOc1ccc(/C(O)=C2/C(=O)C(=O)N(CCCC)C2c2ccc(O)c(Cl)c2)cc1. The zero-order chi connectivity index (χ0) is 24.0. The van der Waals surface area contributed by atoms with Gasteiger partial charge in [0.2, 0.25) is 0 Å². The second-order valence-electron chi connectivity index (χ2n) is 8.14. The van der Waals surface area contributed by atoms with Gasteiger partial charge in [-0.3, -0.25) is 9.59 Å². The lowest BCUT2D eigenvalue weighted by Gasteiger charge is -2.25. The van der Waals surface area contributed by atoms with Gasteiger partial charge in [0.15, 0.2) is 0 Å². The highest BCUT2D eigenvalue weighted by atomic mass is 35.5. The molecule has 0 aliphatic carbocycles. The summed E-state index contributed by atoms with van der Waals surface area (Å²) < 4.78 is 5.72. The van der Waals surface area contributed by atoms with Crippen molar-refractivity contribution in [3.05, 3.63) is 64.2 Å². The van der Waals surface area contributed by atoms with Gasteiger partial charge in [0.05, 0.1) is 23.2 Å². The molecule has 1 aliphatic heterocycles. The van der Waals surface area contributed by atoms with E-state index in [9.17, 15) is 19.8 Å². The van der Waals surface area contributed by atoms with E-state index in [0.29, 0.717) is 36.4 Å². The zero-order valence-corrected chi connectivity index (χ0v) is 19.8. The molecule has 1 aliphatic rings. The summed E-state index contributed by atoms with van der Waals surface area (Å²) in [5.74, 6) is -1.07. The van der Waals surface area contributed by atoms with Crippen LogP contribution in [0.2, 0.25) is 5.02 Å². The molecular weight excluding hydrogens is 442 g/mol. The summed E-state index contributed by atoms with van der Waals surface area (Å²) in [6.45, 7) is 5.10. The maximum atomic E-state index is 13.0. The average molecular weight is 472 g/mol. The molecule has 7 heteroatoms. The monoisotopic (exact) mass is 471 g/mol. The highest BCUT2D eigenvalue weighted by Crippen LogP contribution is 2.41. The van der Waals surface area contributed by atoms with Crippen molar-refractivity contribution in [1.82, 2.24) is 4.90 Å². The molecule has 1 saturated heterocycles. The number of aliphatic hydroxyl groups excluding tert-OH is 1. The number of unbranched alkanes of at least 4 members (excludes halogenated alkanes) is 3. The van der Waals surface area contributed by atoms with Gasteiger partial charge in [-0.15, -0.1) is 0 Å². The molecule has 0 spiro atoms. The lowest BCUT2D eigenvalue weighted by atomic mass is 9.95. The van der Waals surface area contributed by atoms with Crippen LogP contribution in [0, 0.1) is 0 Å². The number of hydrogen-bond donors (Lipinski definition) is 2. The Morgan fingerprint density at radius 2 is 1.73 bits per heavy atom. The fourth-order valence-corrected chi connectivity index (χ4v) is 4.07. The number of phenolic OH excluding ortho intramolecular Hbond substituents is 1. The number of rotatable bonds is 10. The fourth-order valence-electron chi connectivity index (χ4n) is 3.89. The van der Waals surface area contributed by atoms with Crippen LogP contribution < -0.4 is 4.74 Å². The number of carbonyl (C=O) groups excluding carboxylic acids is 2. The number of benzene rings is 2. The van der Waals surface area contributed by atoms with Crippen molar-refractivity contribution in [1.29, 1.82) is 0 Å². The van der Waals surface area contributed by atoms with Gasteiger partial charge in [-0.05, 0) is 54.8 Å². The molecule has 1 fully saturated rings. The Morgan fingerprint density at radius 1 is 1.03 bits per heavy atom. The number of amides is 1.